The van der Waals surface area contributed by atoms with E-state index in [2.05, 4.69) is 4.90 Å². The molecule has 0 spiro atoms. The van der Waals surface area contributed by atoms with Crippen molar-refractivity contribution in [1.82, 2.24) is 4.90 Å². The molecule has 1 fully saturated rings. The lowest BCUT2D eigenvalue weighted by Gasteiger charge is -2.26. The van der Waals surface area contributed by atoms with Crippen LogP contribution in [0.4, 0.5) is 0 Å². The molecule has 0 aliphatic carbocycles. The van der Waals surface area contributed by atoms with Crippen molar-refractivity contribution in [3.63, 3.8) is 0 Å². The Bertz CT molecular complexity index is 462. The Morgan fingerprint density at radius 2 is 1.95 bits per heavy atom. The summed E-state index contributed by atoms with van der Waals surface area (Å²) in [6.45, 7) is 7.06. The monoisotopic (exact) mass is 326 g/mol. The quantitative estimate of drug-likeness (QED) is 0.797. The van der Waals surface area contributed by atoms with E-state index in [0.717, 1.165) is 24.3 Å². The second-order valence-electron chi connectivity index (χ2n) is 5.63. The molecule has 124 valence electrons. The molecule has 2 N–H and O–H groups in total. The second-order valence-corrected chi connectivity index (χ2v) is 6.03. The number of hydrogen-bond donors (Lipinski definition) is 1. The van der Waals surface area contributed by atoms with Crippen molar-refractivity contribution in [3.8, 4) is 11.5 Å². The first kappa shape index (κ1) is 17.4. The first-order chi connectivity index (χ1) is 10.7. The number of benzene rings is 1. The average molecular weight is 327 g/mol. The normalized spacial score (nSPS) is 15.8. The second kappa shape index (κ2) is 9.23. The third-order valence-corrected chi connectivity index (χ3v) is 4.19. The van der Waals surface area contributed by atoms with Gasteiger partial charge in [0, 0.05) is 6.54 Å². The average Bonchev–Trinajstić information content (AvgIpc) is 2.51. The van der Waals surface area contributed by atoms with Crippen LogP contribution in [0.15, 0.2) is 12.1 Å². The number of rotatable bonds is 8. The van der Waals surface area contributed by atoms with Crippen molar-refractivity contribution in [3.05, 3.63) is 22.7 Å². The van der Waals surface area contributed by atoms with E-state index >= 15 is 0 Å². The van der Waals surface area contributed by atoms with Crippen molar-refractivity contribution in [2.24, 2.45) is 5.73 Å². The molecule has 0 amide bonds. The largest absolute Gasteiger partial charge is 0.490 e. The van der Waals surface area contributed by atoms with Crippen molar-refractivity contribution >= 4 is 11.6 Å². The number of nitrogens with zero attached hydrogens (tertiary/aromatic N) is 1. The molecule has 1 saturated heterocycles. The number of halogens is 1. The standard InChI is InChI=1S/C17H27ClN2O2/c1-2-21-16-13-14(6-7-19)12-15(18)17(16)22-11-10-20-8-4-3-5-9-20/h12-13H,2-11,19H2,1H3. The van der Waals surface area contributed by atoms with Gasteiger partial charge in [-0.25, -0.2) is 0 Å². The first-order valence-electron chi connectivity index (χ1n) is 8.25. The van der Waals surface area contributed by atoms with Crippen LogP contribution in [0.1, 0.15) is 31.7 Å². The SMILES string of the molecule is CCOc1cc(CCN)cc(Cl)c1OCCN1CCCCC1. The van der Waals surface area contributed by atoms with Gasteiger partial charge >= 0.3 is 0 Å². The molecule has 0 unspecified atom stereocenters. The number of likely N-dealkylation sites (tertiary alicyclic amines) is 1. The highest BCUT2D eigenvalue weighted by Crippen LogP contribution is 2.36. The highest BCUT2D eigenvalue weighted by molar-refractivity contribution is 6.32. The van der Waals surface area contributed by atoms with E-state index < -0.39 is 0 Å². The highest BCUT2D eigenvalue weighted by atomic mass is 35.5. The van der Waals surface area contributed by atoms with Crippen LogP contribution in [0.5, 0.6) is 11.5 Å². The minimum atomic E-state index is 0.588. The van der Waals surface area contributed by atoms with Crippen LogP contribution in [-0.4, -0.2) is 44.3 Å². The molecule has 1 aromatic carbocycles. The molecule has 2 rings (SSSR count). The first-order valence-corrected chi connectivity index (χ1v) is 8.62. The zero-order valence-corrected chi connectivity index (χ0v) is 14.2. The molecule has 5 heteroatoms. The van der Waals surface area contributed by atoms with Gasteiger partial charge in [0.15, 0.2) is 11.5 Å². The summed E-state index contributed by atoms with van der Waals surface area (Å²) >= 11 is 6.37. The summed E-state index contributed by atoms with van der Waals surface area (Å²) in [5, 5.41) is 0.605. The van der Waals surface area contributed by atoms with E-state index in [-0.39, 0.29) is 0 Å². The van der Waals surface area contributed by atoms with E-state index in [1.54, 1.807) is 0 Å². The lowest BCUT2D eigenvalue weighted by atomic mass is 10.1. The Hall–Kier alpha value is -0.970. The predicted octanol–water partition coefficient (Wildman–Crippen LogP) is 3.10. The lowest BCUT2D eigenvalue weighted by Crippen LogP contribution is -2.33. The minimum Gasteiger partial charge on any atom is -0.490 e. The van der Waals surface area contributed by atoms with Crippen LogP contribution in [0.3, 0.4) is 0 Å². The van der Waals surface area contributed by atoms with E-state index in [1.807, 2.05) is 19.1 Å². The third kappa shape index (κ3) is 5.04. The molecule has 0 radical (unpaired) electrons. The molecule has 1 heterocycles. The van der Waals surface area contributed by atoms with Gasteiger partial charge in [-0.05, 0) is 63.5 Å². The fraction of sp³-hybridized carbons (Fsp3) is 0.647. The molecule has 0 aromatic heterocycles. The number of ether oxygens (including phenoxy) is 2. The van der Waals surface area contributed by atoms with Gasteiger partial charge in [0.05, 0.1) is 11.6 Å². The van der Waals surface area contributed by atoms with Gasteiger partial charge < -0.3 is 15.2 Å². The smallest absolute Gasteiger partial charge is 0.179 e. The zero-order chi connectivity index (χ0) is 15.8. The Kier molecular flexibility index (Phi) is 7.30. The van der Waals surface area contributed by atoms with Crippen molar-refractivity contribution in [1.29, 1.82) is 0 Å². The third-order valence-electron chi connectivity index (χ3n) is 3.90. The van der Waals surface area contributed by atoms with Gasteiger partial charge in [-0.2, -0.15) is 0 Å². The molecule has 0 saturated carbocycles. The van der Waals surface area contributed by atoms with Crippen LogP contribution in [0.2, 0.25) is 5.02 Å². The summed E-state index contributed by atoms with van der Waals surface area (Å²) in [7, 11) is 0. The fourth-order valence-electron chi connectivity index (χ4n) is 2.80. The van der Waals surface area contributed by atoms with E-state index in [0.29, 0.717) is 30.5 Å². The minimum absolute atomic E-state index is 0.588. The lowest BCUT2D eigenvalue weighted by molar-refractivity contribution is 0.179. The molecule has 0 atom stereocenters. The van der Waals surface area contributed by atoms with Crippen LogP contribution in [0.25, 0.3) is 0 Å². The van der Waals surface area contributed by atoms with E-state index in [4.69, 9.17) is 26.8 Å². The maximum atomic E-state index is 6.37. The summed E-state index contributed by atoms with van der Waals surface area (Å²) in [4.78, 5) is 2.44. The summed E-state index contributed by atoms with van der Waals surface area (Å²) in [6, 6.07) is 3.91. The van der Waals surface area contributed by atoms with Crippen LogP contribution in [0, 0.1) is 0 Å². The van der Waals surface area contributed by atoms with E-state index in [1.165, 1.54) is 32.4 Å². The summed E-state index contributed by atoms with van der Waals surface area (Å²) in [5.41, 5.74) is 6.70. The van der Waals surface area contributed by atoms with Gasteiger partial charge in [0.2, 0.25) is 0 Å². The number of nitrogens with two attached hydrogens (primary N) is 1. The predicted molar refractivity (Wildman–Crippen MR) is 91.2 cm³/mol. The fourth-order valence-corrected chi connectivity index (χ4v) is 3.08. The Balaban J connectivity index is 1.98. The van der Waals surface area contributed by atoms with Crippen LogP contribution < -0.4 is 15.2 Å². The Morgan fingerprint density at radius 1 is 1.18 bits per heavy atom. The highest BCUT2D eigenvalue weighted by Gasteiger charge is 2.14. The maximum absolute atomic E-state index is 6.37. The molecular weight excluding hydrogens is 300 g/mol. The number of hydrogen-bond acceptors (Lipinski definition) is 4. The topological polar surface area (TPSA) is 47.7 Å². The van der Waals surface area contributed by atoms with Crippen molar-refractivity contribution < 1.29 is 9.47 Å². The van der Waals surface area contributed by atoms with E-state index in [9.17, 15) is 0 Å². The summed E-state index contributed by atoms with van der Waals surface area (Å²) in [5.74, 6) is 1.37. The van der Waals surface area contributed by atoms with Gasteiger partial charge in [-0.15, -0.1) is 0 Å². The Labute approximate surface area is 138 Å². The number of piperidine rings is 1. The maximum Gasteiger partial charge on any atom is 0.179 e. The summed E-state index contributed by atoms with van der Waals surface area (Å²) < 4.78 is 11.6. The molecular formula is C17H27ClN2O2. The molecule has 0 bridgehead atoms. The van der Waals surface area contributed by atoms with Gasteiger partial charge in [-0.1, -0.05) is 18.0 Å². The molecule has 4 nitrogen and oxygen atoms in total. The molecule has 1 aromatic rings. The zero-order valence-electron chi connectivity index (χ0n) is 13.4. The molecule has 22 heavy (non-hydrogen) atoms. The Morgan fingerprint density at radius 3 is 2.64 bits per heavy atom. The van der Waals surface area contributed by atoms with Gasteiger partial charge in [-0.3, -0.25) is 4.90 Å². The van der Waals surface area contributed by atoms with Crippen LogP contribution in [-0.2, 0) is 6.42 Å². The van der Waals surface area contributed by atoms with Gasteiger partial charge in [0.1, 0.15) is 6.61 Å². The van der Waals surface area contributed by atoms with Crippen molar-refractivity contribution in [2.75, 3.05) is 39.4 Å². The summed E-state index contributed by atoms with van der Waals surface area (Å²) in [6.07, 6.45) is 4.71. The van der Waals surface area contributed by atoms with Crippen molar-refractivity contribution in [2.45, 2.75) is 32.6 Å². The molecule has 1 aliphatic heterocycles. The van der Waals surface area contributed by atoms with Crippen LogP contribution >= 0.6 is 11.6 Å². The molecule has 1 aliphatic rings. The van der Waals surface area contributed by atoms with Gasteiger partial charge in [0.25, 0.3) is 0 Å².